The zero-order valence-electron chi connectivity index (χ0n) is 18.2. The molecule has 1 heterocycles. The van der Waals surface area contributed by atoms with E-state index in [9.17, 15) is 32.3 Å². The van der Waals surface area contributed by atoms with Crippen LogP contribution in [0.5, 0.6) is 0 Å². The molecule has 0 N–H and O–H groups in total. The highest BCUT2D eigenvalue weighted by Crippen LogP contribution is 2.27. The highest BCUT2D eigenvalue weighted by atomic mass is 19.4. The molecule has 0 saturated heterocycles. The highest BCUT2D eigenvalue weighted by molar-refractivity contribution is 5.99. The Hall–Kier alpha value is -3.21. The van der Waals surface area contributed by atoms with Crippen LogP contribution >= 0.6 is 0 Å². The van der Waals surface area contributed by atoms with Crippen molar-refractivity contribution in [3.05, 3.63) is 61.9 Å². The van der Waals surface area contributed by atoms with Gasteiger partial charge in [-0.25, -0.2) is 14.2 Å². The number of carbonyl (C=O) groups excluding carboxylic acids is 2. The fourth-order valence-corrected chi connectivity index (χ4v) is 2.87. The predicted molar refractivity (Wildman–Crippen MR) is 108 cm³/mol. The maximum absolute atomic E-state index is 13.1. The Morgan fingerprint density at radius 3 is 2.28 bits per heavy atom. The predicted octanol–water partition coefficient (Wildman–Crippen LogP) is 2.40. The van der Waals surface area contributed by atoms with Crippen LogP contribution in [-0.4, -0.2) is 39.7 Å². The van der Waals surface area contributed by atoms with Crippen molar-refractivity contribution in [1.82, 2.24) is 9.13 Å². The first kappa shape index (κ1) is 25.1. The number of esters is 1. The SMILES string of the molecule is CCOC(=O)C(C)(C)OCC(=O)c1cc(-n2c(=O)cc(C(F)(F)F)n(C)c2=O)ccc1C. The van der Waals surface area contributed by atoms with Gasteiger partial charge in [0.1, 0.15) is 12.3 Å². The third-order valence-corrected chi connectivity index (χ3v) is 4.72. The van der Waals surface area contributed by atoms with Crippen LogP contribution in [0.4, 0.5) is 13.2 Å². The molecule has 2 rings (SSSR count). The third kappa shape index (κ3) is 5.16. The number of ketones is 1. The van der Waals surface area contributed by atoms with Crippen molar-refractivity contribution in [2.45, 2.75) is 39.5 Å². The summed E-state index contributed by atoms with van der Waals surface area (Å²) in [7, 11) is 0.895. The lowest BCUT2D eigenvalue weighted by molar-refractivity contribution is -0.166. The fourth-order valence-electron chi connectivity index (χ4n) is 2.87. The number of alkyl halides is 3. The van der Waals surface area contributed by atoms with E-state index in [1.54, 1.807) is 13.8 Å². The van der Waals surface area contributed by atoms with Crippen LogP contribution in [0.25, 0.3) is 5.69 Å². The molecule has 174 valence electrons. The lowest BCUT2D eigenvalue weighted by atomic mass is 10.0. The molecule has 0 radical (unpaired) electrons. The molecule has 1 aromatic carbocycles. The summed E-state index contributed by atoms with van der Waals surface area (Å²) in [6.45, 7) is 5.73. The van der Waals surface area contributed by atoms with Crippen LogP contribution in [0.1, 0.15) is 42.4 Å². The van der Waals surface area contributed by atoms with Crippen LogP contribution < -0.4 is 11.2 Å². The molecule has 0 amide bonds. The van der Waals surface area contributed by atoms with Gasteiger partial charge in [-0.1, -0.05) is 6.07 Å². The number of rotatable bonds is 7. The molecule has 2 aromatic rings. The molecule has 0 spiro atoms. The Labute approximate surface area is 181 Å². The number of aryl methyl sites for hydroxylation is 1. The number of nitrogens with zero attached hydrogens (tertiary/aromatic N) is 2. The number of hydrogen-bond donors (Lipinski definition) is 0. The van der Waals surface area contributed by atoms with Crippen LogP contribution in [0, 0.1) is 6.92 Å². The highest BCUT2D eigenvalue weighted by Gasteiger charge is 2.35. The quantitative estimate of drug-likeness (QED) is 0.469. The van der Waals surface area contributed by atoms with Gasteiger partial charge in [0, 0.05) is 18.7 Å². The van der Waals surface area contributed by atoms with E-state index in [0.29, 0.717) is 20.8 Å². The largest absolute Gasteiger partial charge is 0.464 e. The van der Waals surface area contributed by atoms with Gasteiger partial charge in [0.2, 0.25) is 0 Å². The van der Waals surface area contributed by atoms with Gasteiger partial charge >= 0.3 is 17.8 Å². The first-order chi connectivity index (χ1) is 14.7. The molecule has 1 aromatic heterocycles. The van der Waals surface area contributed by atoms with Crippen molar-refractivity contribution in [3.8, 4) is 5.69 Å². The molecule has 0 aliphatic heterocycles. The van der Waals surface area contributed by atoms with Gasteiger partial charge < -0.3 is 9.47 Å². The number of benzene rings is 1. The number of aromatic nitrogens is 2. The second-order valence-electron chi connectivity index (χ2n) is 7.48. The van der Waals surface area contributed by atoms with Crippen molar-refractivity contribution >= 4 is 11.8 Å². The van der Waals surface area contributed by atoms with Gasteiger partial charge in [-0.2, -0.15) is 13.2 Å². The molecule has 0 atom stereocenters. The minimum absolute atomic E-state index is 0.0796. The first-order valence-electron chi connectivity index (χ1n) is 9.56. The van der Waals surface area contributed by atoms with Crippen molar-refractivity contribution in [1.29, 1.82) is 0 Å². The number of hydrogen-bond acceptors (Lipinski definition) is 6. The Morgan fingerprint density at radius 1 is 1.09 bits per heavy atom. The summed E-state index contributed by atoms with van der Waals surface area (Å²) in [5, 5.41) is 0. The summed E-state index contributed by atoms with van der Waals surface area (Å²) in [6.07, 6.45) is -4.89. The number of carbonyl (C=O) groups is 2. The standard InChI is InChI=1S/C21H23F3N2O6/c1-6-31-18(29)20(3,4)32-11-15(27)14-9-13(8-7-12(14)2)26-17(28)10-16(21(22,23)24)25(5)19(26)30/h7-10H,6,11H2,1-5H3. The second kappa shape index (κ2) is 9.11. The average molecular weight is 456 g/mol. The van der Waals surface area contributed by atoms with Crippen LogP contribution in [0.15, 0.2) is 33.9 Å². The Kier molecular flexibility index (Phi) is 7.13. The lowest BCUT2D eigenvalue weighted by Gasteiger charge is -2.22. The molecule has 32 heavy (non-hydrogen) atoms. The van der Waals surface area contributed by atoms with E-state index in [1.165, 1.54) is 32.0 Å². The second-order valence-corrected chi connectivity index (χ2v) is 7.48. The minimum atomic E-state index is -4.89. The summed E-state index contributed by atoms with van der Waals surface area (Å²) >= 11 is 0. The molecular weight excluding hydrogens is 433 g/mol. The van der Waals surface area contributed by atoms with Gasteiger partial charge in [-0.3, -0.25) is 14.2 Å². The fraction of sp³-hybridized carbons (Fsp3) is 0.429. The van der Waals surface area contributed by atoms with Crippen molar-refractivity contribution in [2.75, 3.05) is 13.2 Å². The van der Waals surface area contributed by atoms with E-state index in [-0.39, 0.29) is 17.9 Å². The minimum Gasteiger partial charge on any atom is -0.464 e. The molecule has 0 aliphatic rings. The Balaban J connectivity index is 2.43. The van der Waals surface area contributed by atoms with Crippen LogP contribution in [0.2, 0.25) is 0 Å². The van der Waals surface area contributed by atoms with Gasteiger partial charge in [0.25, 0.3) is 5.56 Å². The molecule has 8 nitrogen and oxygen atoms in total. The van der Waals surface area contributed by atoms with Gasteiger partial charge in [-0.15, -0.1) is 0 Å². The van der Waals surface area contributed by atoms with E-state index >= 15 is 0 Å². The Morgan fingerprint density at radius 2 is 1.72 bits per heavy atom. The maximum atomic E-state index is 13.1. The van der Waals surface area contributed by atoms with E-state index in [2.05, 4.69) is 0 Å². The normalized spacial score (nSPS) is 12.0. The summed E-state index contributed by atoms with van der Waals surface area (Å²) in [5.74, 6) is -1.21. The number of Topliss-reactive ketones (excluding diaryl/α,β-unsaturated/α-hetero) is 1. The summed E-state index contributed by atoms with van der Waals surface area (Å²) in [6, 6.07) is 4.32. The van der Waals surface area contributed by atoms with Crippen molar-refractivity contribution < 1.29 is 32.2 Å². The number of ether oxygens (including phenoxy) is 2. The summed E-state index contributed by atoms with van der Waals surface area (Å²) in [5.41, 5.74) is -4.71. The van der Waals surface area contributed by atoms with E-state index < -0.39 is 47.1 Å². The van der Waals surface area contributed by atoms with Gasteiger partial charge in [-0.05, 0) is 45.4 Å². The molecular formula is C21H23F3N2O6. The lowest BCUT2D eigenvalue weighted by Crippen LogP contribution is -2.40. The Bertz CT molecular complexity index is 1160. The number of halogens is 3. The molecule has 0 unspecified atom stereocenters. The summed E-state index contributed by atoms with van der Waals surface area (Å²) < 4.78 is 50.3. The third-order valence-electron chi connectivity index (χ3n) is 4.72. The molecule has 0 bridgehead atoms. The maximum Gasteiger partial charge on any atom is 0.431 e. The molecule has 11 heteroatoms. The smallest absolute Gasteiger partial charge is 0.431 e. The van der Waals surface area contributed by atoms with E-state index in [4.69, 9.17) is 9.47 Å². The monoisotopic (exact) mass is 456 g/mol. The van der Waals surface area contributed by atoms with Crippen LogP contribution in [-0.2, 0) is 27.5 Å². The average Bonchev–Trinajstić information content (AvgIpc) is 2.69. The van der Waals surface area contributed by atoms with Gasteiger partial charge in [0.05, 0.1) is 12.3 Å². The molecule has 0 fully saturated rings. The summed E-state index contributed by atoms with van der Waals surface area (Å²) in [4.78, 5) is 49.4. The van der Waals surface area contributed by atoms with Crippen LogP contribution in [0.3, 0.4) is 0 Å². The molecule has 0 saturated carbocycles. The van der Waals surface area contributed by atoms with E-state index in [1.807, 2.05) is 0 Å². The van der Waals surface area contributed by atoms with Crippen molar-refractivity contribution in [3.63, 3.8) is 0 Å². The molecule has 0 aliphatic carbocycles. The first-order valence-corrected chi connectivity index (χ1v) is 9.56. The topological polar surface area (TPSA) is 96.6 Å². The zero-order valence-corrected chi connectivity index (χ0v) is 18.2. The zero-order chi connectivity index (χ0) is 24.4. The van der Waals surface area contributed by atoms with Gasteiger partial charge in [0.15, 0.2) is 11.4 Å². The van der Waals surface area contributed by atoms with E-state index in [0.717, 1.165) is 7.05 Å². The van der Waals surface area contributed by atoms with Crippen molar-refractivity contribution in [2.24, 2.45) is 7.05 Å².